The number of hydrazone groups is 1. The van der Waals surface area contributed by atoms with E-state index in [1.165, 1.54) is 0 Å². The minimum absolute atomic E-state index is 0.0911. The van der Waals surface area contributed by atoms with Crippen LogP contribution in [-0.4, -0.2) is 55.2 Å². The molecule has 0 saturated heterocycles. The van der Waals surface area contributed by atoms with Crippen LogP contribution in [0.3, 0.4) is 0 Å². The second-order valence-corrected chi connectivity index (χ2v) is 7.47. The fourth-order valence-electron chi connectivity index (χ4n) is 3.13. The molecule has 0 unspecified atom stereocenters. The van der Waals surface area contributed by atoms with Crippen molar-refractivity contribution in [2.24, 2.45) is 5.10 Å². The molecule has 2 amide bonds. The number of rotatable bonds is 12. The zero-order chi connectivity index (χ0) is 24.2. The van der Waals surface area contributed by atoms with E-state index < -0.39 is 6.23 Å². The lowest BCUT2D eigenvalue weighted by Gasteiger charge is -2.14. The highest BCUT2D eigenvalue weighted by atomic mass is 16.5. The molecule has 1 heterocycles. The van der Waals surface area contributed by atoms with Crippen LogP contribution in [-0.2, 0) is 9.59 Å². The molecule has 178 valence electrons. The van der Waals surface area contributed by atoms with Crippen LogP contribution in [0.2, 0.25) is 0 Å². The number of para-hydroxylation sites is 1. The SMILES string of the molecule is N#Cc1ccccc1OCC[C@H](O)NCCNC(=O)COc1ccc(C2=NNC(=O)CC2)cc1. The largest absolute Gasteiger partial charge is 0.492 e. The number of carbonyl (C=O) groups is 2. The zero-order valence-corrected chi connectivity index (χ0v) is 18.6. The van der Waals surface area contributed by atoms with Gasteiger partial charge < -0.3 is 19.9 Å². The Morgan fingerprint density at radius 3 is 2.68 bits per heavy atom. The van der Waals surface area contributed by atoms with Gasteiger partial charge in [0.2, 0.25) is 5.91 Å². The van der Waals surface area contributed by atoms with Crippen molar-refractivity contribution in [2.75, 3.05) is 26.3 Å². The van der Waals surface area contributed by atoms with Crippen LogP contribution in [0.15, 0.2) is 53.6 Å². The third-order valence-electron chi connectivity index (χ3n) is 4.95. The lowest BCUT2D eigenvalue weighted by molar-refractivity contribution is -0.123. The molecular formula is C24H27N5O5. The fourth-order valence-corrected chi connectivity index (χ4v) is 3.13. The third-order valence-corrected chi connectivity index (χ3v) is 4.95. The third kappa shape index (κ3) is 7.88. The van der Waals surface area contributed by atoms with E-state index in [9.17, 15) is 14.7 Å². The summed E-state index contributed by atoms with van der Waals surface area (Å²) in [5.74, 6) is 0.656. The Morgan fingerprint density at radius 1 is 1.15 bits per heavy atom. The van der Waals surface area contributed by atoms with E-state index in [0.29, 0.717) is 49.4 Å². The van der Waals surface area contributed by atoms with Crippen molar-refractivity contribution in [3.63, 3.8) is 0 Å². The van der Waals surface area contributed by atoms with Crippen molar-refractivity contribution in [1.29, 1.82) is 5.26 Å². The average Bonchev–Trinajstić information content (AvgIpc) is 2.86. The second kappa shape index (κ2) is 12.9. The Balaban J connectivity index is 1.27. The van der Waals surface area contributed by atoms with Gasteiger partial charge in [0.15, 0.2) is 6.61 Å². The molecule has 0 aliphatic carbocycles. The van der Waals surface area contributed by atoms with Crippen molar-refractivity contribution in [3.8, 4) is 17.6 Å². The molecule has 10 heteroatoms. The summed E-state index contributed by atoms with van der Waals surface area (Å²) in [6.07, 6.45) is 0.515. The lowest BCUT2D eigenvalue weighted by Crippen LogP contribution is -2.39. The Morgan fingerprint density at radius 2 is 1.94 bits per heavy atom. The quantitative estimate of drug-likeness (QED) is 0.271. The number of nitriles is 1. The van der Waals surface area contributed by atoms with Crippen LogP contribution >= 0.6 is 0 Å². The number of nitrogens with zero attached hydrogens (tertiary/aromatic N) is 2. The maximum atomic E-state index is 12.0. The van der Waals surface area contributed by atoms with Crippen molar-refractivity contribution in [3.05, 3.63) is 59.7 Å². The number of benzene rings is 2. The highest BCUT2D eigenvalue weighted by Crippen LogP contribution is 2.17. The first-order chi connectivity index (χ1) is 16.5. The summed E-state index contributed by atoms with van der Waals surface area (Å²) in [6, 6.07) is 16.1. The molecule has 0 radical (unpaired) electrons. The van der Waals surface area contributed by atoms with Gasteiger partial charge in [-0.25, -0.2) is 5.43 Å². The molecule has 2 aromatic carbocycles. The maximum Gasteiger partial charge on any atom is 0.257 e. The lowest BCUT2D eigenvalue weighted by atomic mass is 10.0. The molecule has 3 rings (SSSR count). The molecule has 0 aromatic heterocycles. The number of aliphatic hydroxyl groups excluding tert-OH is 1. The molecule has 1 aliphatic heterocycles. The van der Waals surface area contributed by atoms with Gasteiger partial charge in [-0.05, 0) is 42.0 Å². The fraction of sp³-hybridized carbons (Fsp3) is 0.333. The Kier molecular flexibility index (Phi) is 9.40. The number of hydrogen-bond acceptors (Lipinski definition) is 8. The summed E-state index contributed by atoms with van der Waals surface area (Å²) in [5, 5.41) is 28.7. The summed E-state index contributed by atoms with van der Waals surface area (Å²) in [5.41, 5.74) is 4.60. The first-order valence-corrected chi connectivity index (χ1v) is 10.9. The summed E-state index contributed by atoms with van der Waals surface area (Å²) in [4.78, 5) is 23.1. The van der Waals surface area contributed by atoms with E-state index in [2.05, 4.69) is 27.2 Å². The predicted molar refractivity (Wildman–Crippen MR) is 124 cm³/mol. The van der Waals surface area contributed by atoms with Crippen LogP contribution in [0.5, 0.6) is 11.5 Å². The highest BCUT2D eigenvalue weighted by molar-refractivity contribution is 6.04. The van der Waals surface area contributed by atoms with Gasteiger partial charge in [-0.2, -0.15) is 10.4 Å². The Bertz CT molecular complexity index is 1050. The summed E-state index contributed by atoms with van der Waals surface area (Å²) in [6.45, 7) is 0.801. The van der Waals surface area contributed by atoms with Crippen LogP contribution < -0.4 is 25.5 Å². The van der Waals surface area contributed by atoms with Crippen LogP contribution in [0, 0.1) is 11.3 Å². The minimum atomic E-state index is -0.803. The molecule has 4 N–H and O–H groups in total. The normalized spacial score (nSPS) is 13.8. The van der Waals surface area contributed by atoms with E-state index in [1.54, 1.807) is 36.4 Å². The number of aliphatic hydroxyl groups is 1. The summed E-state index contributed by atoms with van der Waals surface area (Å²) >= 11 is 0. The van der Waals surface area contributed by atoms with E-state index in [-0.39, 0.29) is 25.0 Å². The van der Waals surface area contributed by atoms with Gasteiger partial charge in [-0.3, -0.25) is 14.9 Å². The predicted octanol–water partition coefficient (Wildman–Crippen LogP) is 1.04. The molecule has 0 fully saturated rings. The monoisotopic (exact) mass is 465 g/mol. The van der Waals surface area contributed by atoms with E-state index in [4.69, 9.17) is 14.7 Å². The van der Waals surface area contributed by atoms with Crippen LogP contribution in [0.4, 0.5) is 0 Å². The molecule has 2 aromatic rings. The molecular weight excluding hydrogens is 438 g/mol. The van der Waals surface area contributed by atoms with Gasteiger partial charge in [-0.15, -0.1) is 0 Å². The first kappa shape index (κ1) is 24.7. The molecule has 0 bridgehead atoms. The summed E-state index contributed by atoms with van der Waals surface area (Å²) in [7, 11) is 0. The summed E-state index contributed by atoms with van der Waals surface area (Å²) < 4.78 is 11.0. The topological polar surface area (TPSA) is 145 Å². The molecule has 1 atom stereocenters. The number of carbonyl (C=O) groups excluding carboxylic acids is 2. The molecule has 34 heavy (non-hydrogen) atoms. The smallest absolute Gasteiger partial charge is 0.257 e. The number of hydrogen-bond donors (Lipinski definition) is 4. The molecule has 10 nitrogen and oxygen atoms in total. The van der Waals surface area contributed by atoms with E-state index in [1.807, 2.05) is 12.1 Å². The molecule has 0 saturated carbocycles. The van der Waals surface area contributed by atoms with Crippen LogP contribution in [0.25, 0.3) is 0 Å². The number of amides is 2. The van der Waals surface area contributed by atoms with Crippen molar-refractivity contribution >= 4 is 17.5 Å². The Hall–Kier alpha value is -3.94. The van der Waals surface area contributed by atoms with Gasteiger partial charge in [0.05, 0.1) is 17.9 Å². The zero-order valence-electron chi connectivity index (χ0n) is 18.6. The standard InChI is InChI=1S/C24H27N5O5/c25-15-18-3-1-2-4-21(18)33-14-11-22(30)26-12-13-27-24(32)16-34-19-7-5-17(6-8-19)20-9-10-23(31)29-28-20/h1-8,22,26,30H,9-14,16H2,(H,27,32)(H,29,31)/t22-/m0/s1. The maximum absolute atomic E-state index is 12.0. The second-order valence-electron chi connectivity index (χ2n) is 7.47. The highest BCUT2D eigenvalue weighted by Gasteiger charge is 2.13. The van der Waals surface area contributed by atoms with Crippen molar-refractivity contribution in [1.82, 2.24) is 16.1 Å². The van der Waals surface area contributed by atoms with Crippen LogP contribution in [0.1, 0.15) is 30.4 Å². The Labute approximate surface area is 197 Å². The minimum Gasteiger partial charge on any atom is -0.492 e. The van der Waals surface area contributed by atoms with Gasteiger partial charge in [0.1, 0.15) is 23.8 Å². The first-order valence-electron chi connectivity index (χ1n) is 10.9. The molecule has 0 spiro atoms. The van der Waals surface area contributed by atoms with E-state index in [0.717, 1.165) is 11.3 Å². The van der Waals surface area contributed by atoms with Crippen molar-refractivity contribution < 1.29 is 24.2 Å². The number of ether oxygens (including phenoxy) is 2. The average molecular weight is 466 g/mol. The van der Waals surface area contributed by atoms with Crippen molar-refractivity contribution in [2.45, 2.75) is 25.5 Å². The van der Waals surface area contributed by atoms with Gasteiger partial charge in [-0.1, -0.05) is 12.1 Å². The number of nitrogens with one attached hydrogen (secondary N) is 3. The van der Waals surface area contributed by atoms with Gasteiger partial charge in [0.25, 0.3) is 5.91 Å². The van der Waals surface area contributed by atoms with E-state index >= 15 is 0 Å². The van der Waals surface area contributed by atoms with Gasteiger partial charge in [0, 0.05) is 32.4 Å². The molecule has 1 aliphatic rings. The van der Waals surface area contributed by atoms with Gasteiger partial charge >= 0.3 is 0 Å².